The fourth-order valence-corrected chi connectivity index (χ4v) is 1.74. The molecule has 0 N–H and O–H groups in total. The molecule has 0 amide bonds. The van der Waals surface area contributed by atoms with Crippen molar-refractivity contribution in [3.8, 4) is 6.07 Å². The minimum atomic E-state index is 0.552. The minimum Gasteiger partial charge on any atom is -0.192 e. The summed E-state index contributed by atoms with van der Waals surface area (Å²) in [5.41, 5.74) is 1.51. The first-order valence-electron chi connectivity index (χ1n) is 3.01. The summed E-state index contributed by atoms with van der Waals surface area (Å²) >= 11 is 8.00. The average molecular weight is 277 g/mol. The Morgan fingerprint density at radius 1 is 1.55 bits per heavy atom. The molecule has 0 atom stereocenters. The molecule has 0 aliphatic rings. The standard InChI is InChI=1S/C8H5ClIN/c1-5-2-7(10)3-6(4-11)8(5)9/h2-3H,1H3. The van der Waals surface area contributed by atoms with Gasteiger partial charge in [-0.25, -0.2) is 0 Å². The van der Waals surface area contributed by atoms with E-state index in [1.807, 2.05) is 19.1 Å². The molecule has 0 aliphatic heterocycles. The molecule has 0 saturated carbocycles. The van der Waals surface area contributed by atoms with E-state index < -0.39 is 0 Å². The lowest BCUT2D eigenvalue weighted by molar-refractivity contribution is 1.40. The van der Waals surface area contributed by atoms with Gasteiger partial charge in [0.15, 0.2) is 0 Å². The van der Waals surface area contributed by atoms with Crippen LogP contribution < -0.4 is 0 Å². The molecule has 0 aromatic heterocycles. The topological polar surface area (TPSA) is 23.8 Å². The molecule has 0 spiro atoms. The second-order valence-corrected chi connectivity index (χ2v) is 3.82. The number of rotatable bonds is 0. The third-order valence-corrected chi connectivity index (χ3v) is 2.46. The summed E-state index contributed by atoms with van der Waals surface area (Å²) in [5.74, 6) is 0. The predicted octanol–water partition coefficient (Wildman–Crippen LogP) is 3.12. The van der Waals surface area contributed by atoms with Crippen LogP contribution in [-0.2, 0) is 0 Å². The van der Waals surface area contributed by atoms with E-state index >= 15 is 0 Å². The second-order valence-electron chi connectivity index (χ2n) is 2.20. The molecule has 0 fully saturated rings. The van der Waals surface area contributed by atoms with Crippen LogP contribution in [0.15, 0.2) is 12.1 Å². The van der Waals surface area contributed by atoms with Crippen molar-refractivity contribution in [1.82, 2.24) is 0 Å². The minimum absolute atomic E-state index is 0.552. The molecular weight excluding hydrogens is 272 g/mol. The molecule has 11 heavy (non-hydrogen) atoms. The number of hydrogen-bond acceptors (Lipinski definition) is 1. The van der Waals surface area contributed by atoms with Crippen LogP contribution in [0.25, 0.3) is 0 Å². The lowest BCUT2D eigenvalue weighted by Crippen LogP contribution is -1.83. The molecule has 1 aromatic carbocycles. The van der Waals surface area contributed by atoms with Gasteiger partial charge in [0.1, 0.15) is 6.07 Å². The zero-order valence-corrected chi connectivity index (χ0v) is 8.77. The van der Waals surface area contributed by atoms with Crippen LogP contribution in [0.4, 0.5) is 0 Å². The van der Waals surface area contributed by atoms with Gasteiger partial charge in [-0.05, 0) is 47.2 Å². The van der Waals surface area contributed by atoms with Gasteiger partial charge in [0, 0.05) is 3.57 Å². The van der Waals surface area contributed by atoms with Crippen molar-refractivity contribution in [2.24, 2.45) is 0 Å². The van der Waals surface area contributed by atoms with Gasteiger partial charge in [0.2, 0.25) is 0 Å². The van der Waals surface area contributed by atoms with E-state index in [1.165, 1.54) is 0 Å². The fraction of sp³-hybridized carbons (Fsp3) is 0.125. The maximum Gasteiger partial charge on any atom is 0.101 e. The first-order valence-corrected chi connectivity index (χ1v) is 4.46. The third-order valence-electron chi connectivity index (χ3n) is 1.34. The molecule has 3 heteroatoms. The lowest BCUT2D eigenvalue weighted by atomic mass is 10.1. The first kappa shape index (κ1) is 8.82. The number of halogens is 2. The molecule has 0 bridgehead atoms. The molecule has 1 aromatic rings. The van der Waals surface area contributed by atoms with Crippen LogP contribution >= 0.6 is 34.2 Å². The fourth-order valence-electron chi connectivity index (χ4n) is 0.807. The summed E-state index contributed by atoms with van der Waals surface area (Å²) < 4.78 is 1.04. The number of aryl methyl sites for hydroxylation is 1. The summed E-state index contributed by atoms with van der Waals surface area (Å²) in [6, 6.07) is 5.76. The Bertz CT molecular complexity index is 328. The third kappa shape index (κ3) is 1.85. The van der Waals surface area contributed by atoms with Gasteiger partial charge >= 0.3 is 0 Å². The van der Waals surface area contributed by atoms with Crippen molar-refractivity contribution in [2.45, 2.75) is 6.92 Å². The highest BCUT2D eigenvalue weighted by Crippen LogP contribution is 2.22. The SMILES string of the molecule is Cc1cc(I)cc(C#N)c1Cl. The largest absolute Gasteiger partial charge is 0.192 e. The maximum atomic E-state index is 8.63. The van der Waals surface area contributed by atoms with Crippen molar-refractivity contribution in [1.29, 1.82) is 5.26 Å². The van der Waals surface area contributed by atoms with Crippen molar-refractivity contribution < 1.29 is 0 Å². The van der Waals surface area contributed by atoms with Gasteiger partial charge in [0.25, 0.3) is 0 Å². The van der Waals surface area contributed by atoms with Crippen LogP contribution in [0, 0.1) is 21.8 Å². The molecule has 0 unspecified atom stereocenters. The normalized spacial score (nSPS) is 9.27. The summed E-state index contributed by atoms with van der Waals surface area (Å²) in [6.07, 6.45) is 0. The number of nitriles is 1. The van der Waals surface area contributed by atoms with Gasteiger partial charge in [0.05, 0.1) is 10.6 Å². The summed E-state index contributed by atoms with van der Waals surface area (Å²) in [5, 5.41) is 9.19. The van der Waals surface area contributed by atoms with Crippen LogP contribution in [0.5, 0.6) is 0 Å². The van der Waals surface area contributed by atoms with Crippen molar-refractivity contribution >= 4 is 34.2 Å². The molecule has 1 nitrogen and oxygen atoms in total. The van der Waals surface area contributed by atoms with E-state index in [-0.39, 0.29) is 0 Å². The Labute approximate surface area is 84.1 Å². The van der Waals surface area contributed by atoms with Crippen molar-refractivity contribution in [2.75, 3.05) is 0 Å². The molecule has 56 valence electrons. The molecule has 0 saturated heterocycles. The van der Waals surface area contributed by atoms with E-state index in [2.05, 4.69) is 22.6 Å². The molecule has 1 rings (SSSR count). The highest BCUT2D eigenvalue weighted by molar-refractivity contribution is 14.1. The molecule has 0 aliphatic carbocycles. The van der Waals surface area contributed by atoms with Crippen LogP contribution in [-0.4, -0.2) is 0 Å². The average Bonchev–Trinajstić information content (AvgIpc) is 1.96. The van der Waals surface area contributed by atoms with Gasteiger partial charge in [-0.15, -0.1) is 0 Å². The monoisotopic (exact) mass is 277 g/mol. The van der Waals surface area contributed by atoms with Gasteiger partial charge < -0.3 is 0 Å². The Hall–Kier alpha value is -0.270. The highest BCUT2D eigenvalue weighted by Gasteiger charge is 2.03. The number of benzene rings is 1. The highest BCUT2D eigenvalue weighted by atomic mass is 127. The maximum absolute atomic E-state index is 8.63. The molecular formula is C8H5ClIN. The van der Waals surface area contributed by atoms with Crippen LogP contribution in [0.2, 0.25) is 5.02 Å². The van der Waals surface area contributed by atoms with Crippen molar-refractivity contribution in [3.63, 3.8) is 0 Å². The number of hydrogen-bond donors (Lipinski definition) is 0. The van der Waals surface area contributed by atoms with Gasteiger partial charge in [-0.1, -0.05) is 11.6 Å². The zero-order chi connectivity index (χ0) is 8.43. The Kier molecular flexibility index (Phi) is 2.74. The summed E-state index contributed by atoms with van der Waals surface area (Å²) in [7, 11) is 0. The first-order chi connectivity index (χ1) is 5.15. The Morgan fingerprint density at radius 2 is 2.18 bits per heavy atom. The van der Waals surface area contributed by atoms with E-state index in [9.17, 15) is 0 Å². The van der Waals surface area contributed by atoms with Crippen molar-refractivity contribution in [3.05, 3.63) is 31.9 Å². The zero-order valence-electron chi connectivity index (χ0n) is 5.86. The van der Waals surface area contributed by atoms with E-state index in [4.69, 9.17) is 16.9 Å². The quantitative estimate of drug-likeness (QED) is 0.668. The van der Waals surface area contributed by atoms with Crippen LogP contribution in [0.3, 0.4) is 0 Å². The Morgan fingerprint density at radius 3 is 2.73 bits per heavy atom. The smallest absolute Gasteiger partial charge is 0.101 e. The molecule has 0 radical (unpaired) electrons. The lowest BCUT2D eigenvalue weighted by Gasteiger charge is -1.99. The van der Waals surface area contributed by atoms with Gasteiger partial charge in [-0.3, -0.25) is 0 Å². The number of nitrogens with zero attached hydrogens (tertiary/aromatic N) is 1. The predicted molar refractivity (Wildman–Crippen MR) is 53.6 cm³/mol. The summed E-state index contributed by atoms with van der Waals surface area (Å²) in [6.45, 7) is 1.89. The van der Waals surface area contributed by atoms with Crippen LogP contribution in [0.1, 0.15) is 11.1 Å². The van der Waals surface area contributed by atoms with E-state index in [0.29, 0.717) is 10.6 Å². The van der Waals surface area contributed by atoms with Gasteiger partial charge in [-0.2, -0.15) is 5.26 Å². The Balaban J connectivity index is 3.39. The van der Waals surface area contributed by atoms with E-state index in [0.717, 1.165) is 9.13 Å². The molecule has 0 heterocycles. The second kappa shape index (κ2) is 3.42. The summed E-state index contributed by atoms with van der Waals surface area (Å²) in [4.78, 5) is 0. The van der Waals surface area contributed by atoms with E-state index in [1.54, 1.807) is 6.07 Å².